The van der Waals surface area contributed by atoms with Crippen molar-refractivity contribution in [3.8, 4) is 11.8 Å². The van der Waals surface area contributed by atoms with E-state index in [2.05, 4.69) is 65.5 Å². The number of nitriles is 1. The Morgan fingerprint density at radius 1 is 1.10 bits per heavy atom. The SMILES string of the molecule is N#Cc1ccc(OCC2CCCN(C(=O)CN3CCC(c4cc[nH]c5cnc6nccc6c45)CC3)C2I)cc1. The number of likely N-dealkylation sites (tertiary alicyclic amines) is 2. The normalized spacial score (nSPS) is 20.8. The Balaban J connectivity index is 1.05. The van der Waals surface area contributed by atoms with E-state index in [0.29, 0.717) is 24.6 Å². The summed E-state index contributed by atoms with van der Waals surface area (Å²) in [4.78, 5) is 30.0. The van der Waals surface area contributed by atoms with Crippen LogP contribution in [0.25, 0.3) is 21.9 Å². The lowest BCUT2D eigenvalue weighted by atomic mass is 9.87. The van der Waals surface area contributed by atoms with Crippen molar-refractivity contribution in [1.29, 1.82) is 5.26 Å². The van der Waals surface area contributed by atoms with E-state index in [1.54, 1.807) is 12.1 Å². The molecule has 2 unspecified atom stereocenters. The second-order valence-corrected chi connectivity index (χ2v) is 11.8. The number of carbonyl (C=O) groups is 1. The molecule has 6 rings (SSSR count). The molecule has 200 valence electrons. The highest BCUT2D eigenvalue weighted by Gasteiger charge is 2.34. The maximum atomic E-state index is 13.4. The number of carbonyl (C=O) groups excluding carboxylic acids is 1. The molecule has 8 nitrogen and oxygen atoms in total. The van der Waals surface area contributed by atoms with Crippen molar-refractivity contribution < 1.29 is 9.53 Å². The van der Waals surface area contributed by atoms with Crippen LogP contribution in [0.15, 0.2) is 55.0 Å². The lowest BCUT2D eigenvalue weighted by Gasteiger charge is -2.40. The second kappa shape index (κ2) is 11.5. The van der Waals surface area contributed by atoms with Crippen molar-refractivity contribution in [2.75, 3.05) is 32.8 Å². The Hall–Kier alpha value is -3.23. The van der Waals surface area contributed by atoms with Crippen molar-refractivity contribution in [1.82, 2.24) is 24.8 Å². The first-order valence-corrected chi connectivity index (χ1v) is 14.8. The van der Waals surface area contributed by atoms with Crippen molar-refractivity contribution in [2.45, 2.75) is 35.6 Å². The van der Waals surface area contributed by atoms with E-state index in [-0.39, 0.29) is 15.9 Å². The van der Waals surface area contributed by atoms with E-state index in [4.69, 9.17) is 10.00 Å². The maximum Gasteiger partial charge on any atom is 0.237 e. The summed E-state index contributed by atoms with van der Waals surface area (Å²) in [5.74, 6) is 1.71. The molecule has 5 heterocycles. The van der Waals surface area contributed by atoms with Crippen LogP contribution >= 0.6 is 22.6 Å². The topological polar surface area (TPSA) is 98.1 Å². The molecule has 1 N–H and O–H groups in total. The van der Waals surface area contributed by atoms with E-state index in [0.717, 1.165) is 67.6 Å². The van der Waals surface area contributed by atoms with Crippen molar-refractivity contribution in [2.24, 2.45) is 5.92 Å². The summed E-state index contributed by atoms with van der Waals surface area (Å²) in [6.07, 6.45) is 9.81. The van der Waals surface area contributed by atoms with E-state index in [9.17, 15) is 4.79 Å². The van der Waals surface area contributed by atoms with E-state index in [1.807, 2.05) is 30.7 Å². The van der Waals surface area contributed by atoms with Gasteiger partial charge in [0.15, 0.2) is 5.65 Å². The van der Waals surface area contributed by atoms with Gasteiger partial charge < -0.3 is 14.6 Å². The Morgan fingerprint density at radius 2 is 1.92 bits per heavy atom. The number of halogens is 1. The van der Waals surface area contributed by atoms with Crippen LogP contribution in [-0.2, 0) is 4.79 Å². The standard InChI is InChI=1S/C30H31IN6O2/c31-29-22(19-39-23-5-3-20(16-32)4-6-23)2-1-13-37(29)27(38)18-36-14-9-21(10-15-36)24-7-11-33-26-17-35-30-25(28(24)26)8-12-34-30/h3-8,11-12,17,21-22,29,33H,1-2,9-10,13-15,18-19H2. The molecule has 1 amide bonds. The molecule has 2 aliphatic rings. The molecule has 0 radical (unpaired) electrons. The van der Waals surface area contributed by atoms with Gasteiger partial charge in [0, 0.05) is 35.6 Å². The number of amides is 1. The van der Waals surface area contributed by atoms with E-state index >= 15 is 0 Å². The van der Waals surface area contributed by atoms with Crippen molar-refractivity contribution in [3.63, 3.8) is 0 Å². The molecule has 2 saturated heterocycles. The fourth-order valence-corrected chi connectivity index (χ4v) is 7.16. The molecule has 0 bridgehead atoms. The van der Waals surface area contributed by atoms with Gasteiger partial charge in [-0.25, -0.2) is 9.97 Å². The Bertz CT molecular complexity index is 1510. The van der Waals surface area contributed by atoms with Gasteiger partial charge in [0.05, 0.1) is 40.5 Å². The molecule has 4 aromatic rings. The van der Waals surface area contributed by atoms with Gasteiger partial charge in [-0.3, -0.25) is 9.69 Å². The predicted octanol–water partition coefficient (Wildman–Crippen LogP) is 5.24. The van der Waals surface area contributed by atoms with Crippen LogP contribution in [0.5, 0.6) is 5.75 Å². The molecular formula is C30H31IN6O2. The number of pyridine rings is 2. The molecule has 2 aliphatic heterocycles. The fourth-order valence-electron chi connectivity index (χ4n) is 6.00. The first-order valence-electron chi connectivity index (χ1n) is 13.6. The van der Waals surface area contributed by atoms with Crippen LogP contribution in [0.2, 0.25) is 0 Å². The average molecular weight is 635 g/mol. The predicted molar refractivity (Wildman–Crippen MR) is 159 cm³/mol. The summed E-state index contributed by atoms with van der Waals surface area (Å²) in [5.41, 5.74) is 3.81. The number of aromatic nitrogens is 3. The van der Waals surface area contributed by atoms with E-state index < -0.39 is 0 Å². The van der Waals surface area contributed by atoms with Crippen LogP contribution in [0.1, 0.15) is 42.7 Å². The third-order valence-corrected chi connectivity index (χ3v) is 9.83. The quantitative estimate of drug-likeness (QED) is 0.177. The largest absolute Gasteiger partial charge is 0.493 e. The zero-order valence-corrected chi connectivity index (χ0v) is 23.9. The minimum absolute atomic E-state index is 0.112. The number of alkyl halides is 1. The number of fused-ring (bicyclic) bond motifs is 3. The van der Waals surface area contributed by atoms with Gasteiger partial charge in [0.2, 0.25) is 5.91 Å². The Kier molecular flexibility index (Phi) is 7.66. The first kappa shape index (κ1) is 26.0. The van der Waals surface area contributed by atoms with Crippen LogP contribution in [0, 0.1) is 17.2 Å². The summed E-state index contributed by atoms with van der Waals surface area (Å²) in [6, 6.07) is 13.6. The van der Waals surface area contributed by atoms with Gasteiger partial charge in [0.1, 0.15) is 5.75 Å². The minimum atomic E-state index is 0.112. The number of H-pyrrole nitrogens is 1. The number of piperidine rings is 2. The highest BCUT2D eigenvalue weighted by atomic mass is 127. The first-order chi connectivity index (χ1) is 19.1. The molecule has 0 saturated carbocycles. The van der Waals surface area contributed by atoms with Gasteiger partial charge in [-0.2, -0.15) is 5.26 Å². The van der Waals surface area contributed by atoms with Crippen LogP contribution in [-0.4, -0.2) is 67.5 Å². The van der Waals surface area contributed by atoms with Crippen LogP contribution < -0.4 is 4.74 Å². The summed E-state index contributed by atoms with van der Waals surface area (Å²) < 4.78 is 6.14. The summed E-state index contributed by atoms with van der Waals surface area (Å²) in [7, 11) is 0. The van der Waals surface area contributed by atoms with Gasteiger partial charge in [0.25, 0.3) is 0 Å². The van der Waals surface area contributed by atoms with Crippen molar-refractivity contribution >= 4 is 50.4 Å². The number of rotatable bonds is 6. The van der Waals surface area contributed by atoms with Gasteiger partial charge in [-0.15, -0.1) is 0 Å². The number of nitrogens with zero attached hydrogens (tertiary/aromatic N) is 5. The number of nitrogens with one attached hydrogen (secondary N) is 1. The number of benzene rings is 1. The molecule has 3 aromatic heterocycles. The minimum Gasteiger partial charge on any atom is -0.493 e. The van der Waals surface area contributed by atoms with Crippen molar-refractivity contribution in [3.05, 3.63) is 66.1 Å². The molecule has 0 aliphatic carbocycles. The molecule has 1 aromatic carbocycles. The zero-order chi connectivity index (χ0) is 26.8. The summed E-state index contributed by atoms with van der Waals surface area (Å²) in [5, 5.41) is 11.3. The third-order valence-electron chi connectivity index (χ3n) is 8.14. The lowest BCUT2D eigenvalue weighted by molar-refractivity contribution is -0.135. The Labute approximate surface area is 241 Å². The number of ether oxygens (including phenoxy) is 1. The maximum absolute atomic E-state index is 13.4. The van der Waals surface area contributed by atoms with Gasteiger partial charge in [-0.1, -0.05) is 22.6 Å². The third kappa shape index (κ3) is 5.45. The number of hydrogen-bond donors (Lipinski definition) is 1. The Morgan fingerprint density at radius 3 is 2.72 bits per heavy atom. The highest BCUT2D eigenvalue weighted by molar-refractivity contribution is 14.1. The average Bonchev–Trinajstić information content (AvgIpc) is 3.46. The molecule has 2 atom stereocenters. The van der Waals surface area contributed by atoms with Gasteiger partial charge in [-0.05, 0) is 86.7 Å². The fraction of sp³-hybridized carbons (Fsp3) is 0.400. The lowest BCUT2D eigenvalue weighted by Crippen LogP contribution is -2.50. The number of aromatic amines is 1. The smallest absolute Gasteiger partial charge is 0.237 e. The molecule has 39 heavy (non-hydrogen) atoms. The zero-order valence-electron chi connectivity index (χ0n) is 21.7. The highest BCUT2D eigenvalue weighted by Crippen LogP contribution is 2.35. The van der Waals surface area contributed by atoms with Crippen LogP contribution in [0.3, 0.4) is 0 Å². The molecule has 2 fully saturated rings. The molecule has 9 heteroatoms. The molecule has 0 spiro atoms. The van der Waals surface area contributed by atoms with Gasteiger partial charge >= 0.3 is 0 Å². The molecular weight excluding hydrogens is 603 g/mol. The monoisotopic (exact) mass is 634 g/mol. The second-order valence-electron chi connectivity index (χ2n) is 10.5. The van der Waals surface area contributed by atoms with E-state index in [1.165, 1.54) is 10.9 Å². The summed E-state index contributed by atoms with van der Waals surface area (Å²) >= 11 is 2.42. The number of hydrogen-bond acceptors (Lipinski definition) is 6. The van der Waals surface area contributed by atoms with Crippen LogP contribution in [0.4, 0.5) is 0 Å². The summed E-state index contributed by atoms with van der Waals surface area (Å²) in [6.45, 7) is 3.67.